The Hall–Kier alpha value is -0.220. The fourth-order valence-electron chi connectivity index (χ4n) is 3.09. The molecule has 19 heavy (non-hydrogen) atoms. The van der Waals surface area contributed by atoms with Gasteiger partial charge in [-0.3, -0.25) is 0 Å². The molecule has 0 aromatic carbocycles. The van der Waals surface area contributed by atoms with Crippen molar-refractivity contribution in [3.05, 3.63) is 0 Å². The van der Waals surface area contributed by atoms with Gasteiger partial charge in [-0.2, -0.15) is 21.8 Å². The average molecular weight is 311 g/mol. The van der Waals surface area contributed by atoms with Crippen LogP contribution >= 0.6 is 0 Å². The monoisotopic (exact) mass is 311 g/mol. The van der Waals surface area contributed by atoms with E-state index in [2.05, 4.69) is 4.72 Å². The van der Waals surface area contributed by atoms with E-state index in [4.69, 9.17) is 0 Å². The molecule has 0 radical (unpaired) electrons. The second-order valence-electron chi connectivity index (χ2n) is 5.55. The number of fused-ring (bicyclic) bond motifs is 2. The molecule has 2 saturated heterocycles. The molecule has 112 valence electrons. The number of sulfonamides is 1. The minimum Gasteiger partial charge on any atom is -0.212 e. The van der Waals surface area contributed by atoms with E-state index in [9.17, 15) is 16.8 Å². The van der Waals surface area contributed by atoms with E-state index in [-0.39, 0.29) is 18.1 Å². The molecule has 0 amide bonds. The highest BCUT2D eigenvalue weighted by atomic mass is 32.2. The molecule has 0 aromatic heterocycles. The summed E-state index contributed by atoms with van der Waals surface area (Å²) in [5.74, 6) is 0. The van der Waals surface area contributed by atoms with Crippen LogP contribution in [0.25, 0.3) is 0 Å². The smallest absolute Gasteiger partial charge is 0.212 e. The van der Waals surface area contributed by atoms with E-state index in [0.717, 1.165) is 17.1 Å². The highest BCUT2D eigenvalue weighted by Crippen LogP contribution is 2.37. The molecule has 0 saturated carbocycles. The van der Waals surface area contributed by atoms with E-state index in [1.807, 2.05) is 0 Å². The zero-order valence-corrected chi connectivity index (χ0v) is 13.0. The summed E-state index contributed by atoms with van der Waals surface area (Å²) in [4.78, 5) is 0. The van der Waals surface area contributed by atoms with Gasteiger partial charge in [0.1, 0.15) is 0 Å². The Morgan fingerprint density at radius 2 is 1.53 bits per heavy atom. The molecular weight excluding hydrogens is 290 g/mol. The zero-order chi connectivity index (χ0) is 14.4. The third kappa shape index (κ3) is 3.10. The third-order valence-corrected chi connectivity index (χ3v) is 6.80. The van der Waals surface area contributed by atoms with Crippen LogP contribution in [0.2, 0.25) is 0 Å². The van der Waals surface area contributed by atoms with Crippen LogP contribution in [-0.4, -0.2) is 63.9 Å². The van der Waals surface area contributed by atoms with Crippen LogP contribution in [0.4, 0.5) is 0 Å². The predicted molar refractivity (Wildman–Crippen MR) is 72.3 cm³/mol. The summed E-state index contributed by atoms with van der Waals surface area (Å²) < 4.78 is 52.4. The lowest BCUT2D eigenvalue weighted by Crippen LogP contribution is -2.53. The van der Waals surface area contributed by atoms with Crippen LogP contribution in [0.5, 0.6) is 0 Å². The maximum absolute atomic E-state index is 11.8. The molecule has 9 heteroatoms. The van der Waals surface area contributed by atoms with Crippen molar-refractivity contribution in [1.82, 2.24) is 13.3 Å². The normalized spacial score (nSPS) is 32.9. The van der Waals surface area contributed by atoms with E-state index in [0.29, 0.717) is 12.8 Å². The molecule has 2 aliphatic heterocycles. The molecule has 2 rings (SSSR count). The van der Waals surface area contributed by atoms with Crippen LogP contribution in [0.15, 0.2) is 0 Å². The molecule has 0 spiro atoms. The lowest BCUT2D eigenvalue weighted by Gasteiger charge is -2.37. The number of rotatable bonds is 4. The summed E-state index contributed by atoms with van der Waals surface area (Å²) in [7, 11) is -3.70. The molecule has 2 fully saturated rings. The third-order valence-electron chi connectivity index (χ3n) is 3.85. The SMILES string of the molecule is CN(C)S(=O)(=O)NC1CC2CCC(C1)N2S(C)(=O)=O. The first kappa shape index (κ1) is 15.2. The quantitative estimate of drug-likeness (QED) is 0.746. The Morgan fingerprint density at radius 3 is 1.89 bits per heavy atom. The van der Waals surface area contributed by atoms with Crippen LogP contribution in [0, 0.1) is 0 Å². The van der Waals surface area contributed by atoms with Gasteiger partial charge < -0.3 is 0 Å². The maximum atomic E-state index is 11.8. The second kappa shape index (κ2) is 4.96. The van der Waals surface area contributed by atoms with Crippen molar-refractivity contribution < 1.29 is 16.8 Å². The van der Waals surface area contributed by atoms with E-state index < -0.39 is 20.2 Å². The van der Waals surface area contributed by atoms with Crippen molar-refractivity contribution in [2.24, 2.45) is 0 Å². The average Bonchev–Trinajstić information content (AvgIpc) is 2.50. The lowest BCUT2D eigenvalue weighted by atomic mass is 10.0. The van der Waals surface area contributed by atoms with E-state index in [1.54, 1.807) is 4.31 Å². The Labute approximate surface area is 115 Å². The van der Waals surface area contributed by atoms with Gasteiger partial charge in [0.15, 0.2) is 0 Å². The summed E-state index contributed by atoms with van der Waals surface area (Å²) in [5, 5.41) is 0. The number of nitrogens with one attached hydrogen (secondary N) is 1. The molecule has 7 nitrogen and oxygen atoms in total. The first-order chi connectivity index (χ1) is 8.61. The van der Waals surface area contributed by atoms with Gasteiger partial charge in [0, 0.05) is 32.2 Å². The van der Waals surface area contributed by atoms with Gasteiger partial charge in [-0.1, -0.05) is 0 Å². The predicted octanol–water partition coefficient (Wildman–Crippen LogP) is -0.663. The standard InChI is InChI=1S/C10H21N3O4S2/c1-12(2)19(16,17)11-8-6-9-4-5-10(7-8)13(9)18(3,14)15/h8-11H,4-7H2,1-3H3. The summed E-state index contributed by atoms with van der Waals surface area (Å²) in [5.41, 5.74) is 0. The molecule has 2 heterocycles. The Bertz CT molecular complexity index is 529. The van der Waals surface area contributed by atoms with Gasteiger partial charge in [-0.05, 0) is 25.7 Å². The number of piperidine rings is 1. The summed E-state index contributed by atoms with van der Waals surface area (Å²) in [6.45, 7) is 0. The van der Waals surface area contributed by atoms with E-state index in [1.165, 1.54) is 20.4 Å². The van der Waals surface area contributed by atoms with Crippen LogP contribution in [0.1, 0.15) is 25.7 Å². The van der Waals surface area contributed by atoms with Crippen molar-refractivity contribution in [2.75, 3.05) is 20.4 Å². The minimum absolute atomic E-state index is 0.0661. The van der Waals surface area contributed by atoms with Gasteiger partial charge in [0.2, 0.25) is 10.0 Å². The highest BCUT2D eigenvalue weighted by Gasteiger charge is 2.45. The summed E-state index contributed by atoms with van der Waals surface area (Å²) in [6.07, 6.45) is 3.96. The summed E-state index contributed by atoms with van der Waals surface area (Å²) >= 11 is 0. The van der Waals surface area contributed by atoms with Gasteiger partial charge >= 0.3 is 0 Å². The Balaban J connectivity index is 2.10. The van der Waals surface area contributed by atoms with Crippen molar-refractivity contribution in [2.45, 2.75) is 43.8 Å². The van der Waals surface area contributed by atoms with Crippen molar-refractivity contribution in [3.63, 3.8) is 0 Å². The van der Waals surface area contributed by atoms with Gasteiger partial charge in [-0.15, -0.1) is 0 Å². The lowest BCUT2D eigenvalue weighted by molar-refractivity contribution is 0.219. The molecular formula is C10H21N3O4S2. The second-order valence-corrected chi connectivity index (χ2v) is 9.36. The van der Waals surface area contributed by atoms with E-state index >= 15 is 0 Å². The molecule has 1 N–H and O–H groups in total. The van der Waals surface area contributed by atoms with Gasteiger partial charge in [0.25, 0.3) is 10.2 Å². The summed E-state index contributed by atoms with van der Waals surface area (Å²) in [6, 6.07) is -0.310. The fraction of sp³-hybridized carbons (Fsp3) is 1.00. The van der Waals surface area contributed by atoms with Crippen molar-refractivity contribution in [1.29, 1.82) is 0 Å². The number of nitrogens with zero attached hydrogens (tertiary/aromatic N) is 2. The van der Waals surface area contributed by atoms with Crippen LogP contribution in [-0.2, 0) is 20.2 Å². The fourth-order valence-corrected chi connectivity index (χ4v) is 5.38. The van der Waals surface area contributed by atoms with Gasteiger partial charge in [0.05, 0.1) is 6.26 Å². The maximum Gasteiger partial charge on any atom is 0.279 e. The molecule has 2 atom stereocenters. The van der Waals surface area contributed by atoms with Crippen molar-refractivity contribution >= 4 is 20.2 Å². The largest absolute Gasteiger partial charge is 0.279 e. The Morgan fingerprint density at radius 1 is 1.05 bits per heavy atom. The minimum atomic E-state index is -3.45. The highest BCUT2D eigenvalue weighted by molar-refractivity contribution is 7.88. The van der Waals surface area contributed by atoms with Gasteiger partial charge in [-0.25, -0.2) is 8.42 Å². The first-order valence-electron chi connectivity index (χ1n) is 6.29. The molecule has 2 unspecified atom stereocenters. The first-order valence-corrected chi connectivity index (χ1v) is 9.58. The molecule has 2 bridgehead atoms. The number of hydrogen-bond donors (Lipinski definition) is 1. The van der Waals surface area contributed by atoms with Crippen LogP contribution in [0.3, 0.4) is 0 Å². The molecule has 0 aromatic rings. The topological polar surface area (TPSA) is 86.8 Å². The number of hydrogen-bond acceptors (Lipinski definition) is 4. The van der Waals surface area contributed by atoms with Crippen LogP contribution < -0.4 is 4.72 Å². The molecule has 0 aliphatic carbocycles. The molecule has 2 aliphatic rings. The van der Waals surface area contributed by atoms with Crippen molar-refractivity contribution in [3.8, 4) is 0 Å². The zero-order valence-electron chi connectivity index (χ0n) is 11.4. The Kier molecular flexibility index (Phi) is 3.96.